The van der Waals surface area contributed by atoms with Gasteiger partial charge in [-0.2, -0.15) is 17.6 Å². The van der Waals surface area contributed by atoms with Gasteiger partial charge in [0.25, 0.3) is 5.55 Å². The van der Waals surface area contributed by atoms with Gasteiger partial charge in [0.1, 0.15) is 8.07 Å². The average molecular weight is 274 g/mol. The van der Waals surface area contributed by atoms with Crippen LogP contribution in [0, 0.1) is 0 Å². The second kappa shape index (κ2) is 3.85. The Morgan fingerprint density at radius 1 is 0.812 bits per heavy atom. The van der Waals surface area contributed by atoms with Crippen LogP contribution < -0.4 is 0 Å². The summed E-state index contributed by atoms with van der Waals surface area (Å²) >= 11 is 0. The lowest BCUT2D eigenvalue weighted by molar-refractivity contribution is -0.318. The van der Waals surface area contributed by atoms with Crippen molar-refractivity contribution in [1.82, 2.24) is 0 Å². The quantitative estimate of drug-likeness (QED) is 0.536. The highest BCUT2D eigenvalue weighted by Gasteiger charge is 2.78. The topological polar surface area (TPSA) is 0 Å². The van der Waals surface area contributed by atoms with Gasteiger partial charge in [0.05, 0.1) is 0 Å². The Labute approximate surface area is 87.6 Å². The van der Waals surface area contributed by atoms with E-state index in [1.54, 1.807) is 0 Å². The number of hydrogen-bond acceptors (Lipinski definition) is 0. The van der Waals surface area contributed by atoms with Gasteiger partial charge in [-0.05, 0) is 0 Å². The first-order chi connectivity index (χ1) is 6.69. The third-order valence-corrected chi connectivity index (χ3v) is 4.23. The van der Waals surface area contributed by atoms with Crippen LogP contribution in [0.25, 0.3) is 0 Å². The molecule has 0 N–H and O–H groups in total. The Balaban J connectivity index is 5.53. The molecule has 16 heavy (non-hydrogen) atoms. The molecule has 0 aromatic rings. The molecule has 0 saturated carbocycles. The summed E-state index contributed by atoms with van der Waals surface area (Å²) in [4.78, 5) is 0. The zero-order valence-electron chi connectivity index (χ0n) is 8.60. The molecule has 0 radical (unpaired) electrons. The second-order valence-corrected chi connectivity index (χ2v) is 9.45. The van der Waals surface area contributed by atoms with E-state index in [0.29, 0.717) is 19.6 Å². The average Bonchev–Trinajstić information content (AvgIpc) is 2.00. The van der Waals surface area contributed by atoms with E-state index >= 15 is 0 Å². The van der Waals surface area contributed by atoms with E-state index in [2.05, 4.69) is 0 Å². The van der Waals surface area contributed by atoms with Crippen LogP contribution in [0.2, 0.25) is 19.6 Å². The molecule has 0 atom stereocenters. The zero-order chi connectivity index (χ0) is 13.6. The van der Waals surface area contributed by atoms with Crippen LogP contribution in [-0.2, 0) is 0 Å². The molecule has 0 aliphatic carbocycles. The minimum Gasteiger partial charge on any atom is -0.205 e. The third kappa shape index (κ3) is 2.05. The summed E-state index contributed by atoms with van der Waals surface area (Å²) in [6.07, 6.45) is -4.84. The fourth-order valence-corrected chi connectivity index (χ4v) is 1.93. The summed E-state index contributed by atoms with van der Waals surface area (Å²) in [5.74, 6) is -12.1. The molecular formula is C7H10F8Si. The smallest absolute Gasteiger partial charge is 0.205 e. The van der Waals surface area contributed by atoms with E-state index in [1.807, 2.05) is 0 Å². The lowest BCUT2D eigenvalue weighted by atomic mass is 10.2. The number of alkyl halides is 8. The predicted octanol–water partition coefficient (Wildman–Crippen LogP) is 4.03. The maximum atomic E-state index is 13.1. The standard InChI is InChI=1S/C7H10F8Si/c1-16(2,3)7(14,15)6(12,13)5(10,11)4(8)9/h4H,1-3H3. The normalized spacial score (nSPS) is 15.8. The molecule has 9 heteroatoms. The van der Waals surface area contributed by atoms with Gasteiger partial charge < -0.3 is 0 Å². The molecule has 0 saturated heterocycles. The van der Waals surface area contributed by atoms with Crippen LogP contribution in [-0.4, -0.2) is 31.9 Å². The first-order valence-electron chi connectivity index (χ1n) is 4.11. The molecule has 0 aliphatic heterocycles. The van der Waals surface area contributed by atoms with Crippen LogP contribution in [0.15, 0.2) is 0 Å². The summed E-state index contributed by atoms with van der Waals surface area (Å²) in [6, 6.07) is 0. The van der Waals surface area contributed by atoms with Crippen molar-refractivity contribution in [2.24, 2.45) is 0 Å². The van der Waals surface area contributed by atoms with Gasteiger partial charge >= 0.3 is 18.3 Å². The molecule has 0 heterocycles. The van der Waals surface area contributed by atoms with E-state index in [0.717, 1.165) is 0 Å². The number of halogens is 8. The molecule has 0 nitrogen and oxygen atoms in total. The third-order valence-electron chi connectivity index (χ3n) is 2.03. The Morgan fingerprint density at radius 3 is 1.31 bits per heavy atom. The van der Waals surface area contributed by atoms with Gasteiger partial charge in [-0.15, -0.1) is 0 Å². The molecule has 0 bridgehead atoms. The van der Waals surface area contributed by atoms with Crippen molar-refractivity contribution in [3.05, 3.63) is 0 Å². The van der Waals surface area contributed by atoms with Crippen LogP contribution in [0.5, 0.6) is 0 Å². The van der Waals surface area contributed by atoms with E-state index in [4.69, 9.17) is 0 Å². The molecule has 0 unspecified atom stereocenters. The fraction of sp³-hybridized carbons (Fsp3) is 1.00. The minimum absolute atomic E-state index is 0.697. The van der Waals surface area contributed by atoms with E-state index in [1.165, 1.54) is 0 Å². The van der Waals surface area contributed by atoms with Gasteiger partial charge in [-0.3, -0.25) is 0 Å². The number of hydrogen-bond donors (Lipinski definition) is 0. The molecule has 0 spiro atoms. The van der Waals surface area contributed by atoms with Gasteiger partial charge in [-0.1, -0.05) is 19.6 Å². The van der Waals surface area contributed by atoms with Gasteiger partial charge in [0.2, 0.25) is 0 Å². The molecule has 0 aliphatic rings. The molecule has 0 aromatic heterocycles. The molecule has 0 fully saturated rings. The molecule has 98 valence electrons. The summed E-state index contributed by atoms with van der Waals surface area (Å²) in [6.45, 7) is 2.09. The van der Waals surface area contributed by atoms with Crippen molar-refractivity contribution in [2.75, 3.05) is 0 Å². The Kier molecular flexibility index (Phi) is 3.76. The zero-order valence-corrected chi connectivity index (χ0v) is 9.60. The Hall–Kier alpha value is -0.343. The maximum Gasteiger partial charge on any atom is 0.375 e. The van der Waals surface area contributed by atoms with E-state index < -0.39 is 31.9 Å². The van der Waals surface area contributed by atoms with Crippen LogP contribution in [0.1, 0.15) is 0 Å². The van der Waals surface area contributed by atoms with Crippen molar-refractivity contribution in [1.29, 1.82) is 0 Å². The molecule has 0 rings (SSSR count). The van der Waals surface area contributed by atoms with Gasteiger partial charge in [-0.25, -0.2) is 17.6 Å². The van der Waals surface area contributed by atoms with Crippen molar-refractivity contribution in [3.8, 4) is 0 Å². The second-order valence-electron chi connectivity index (χ2n) is 4.32. The van der Waals surface area contributed by atoms with Gasteiger partial charge in [0.15, 0.2) is 0 Å². The highest BCUT2D eigenvalue weighted by Crippen LogP contribution is 2.51. The lowest BCUT2D eigenvalue weighted by Gasteiger charge is -2.38. The molecule has 0 aromatic carbocycles. The summed E-state index contributed by atoms with van der Waals surface area (Å²) in [5, 5.41) is 0. The van der Waals surface area contributed by atoms with Crippen molar-refractivity contribution in [3.63, 3.8) is 0 Å². The Bertz CT molecular complexity index is 254. The summed E-state index contributed by atoms with van der Waals surface area (Å²) in [5.41, 5.74) is -5.13. The van der Waals surface area contributed by atoms with Crippen LogP contribution >= 0.6 is 0 Å². The van der Waals surface area contributed by atoms with Crippen molar-refractivity contribution >= 4 is 8.07 Å². The Morgan fingerprint density at radius 2 is 1.12 bits per heavy atom. The highest BCUT2D eigenvalue weighted by molar-refractivity contribution is 6.78. The van der Waals surface area contributed by atoms with Crippen LogP contribution in [0.4, 0.5) is 35.1 Å². The number of rotatable bonds is 4. The first kappa shape index (κ1) is 15.7. The van der Waals surface area contributed by atoms with Crippen molar-refractivity contribution < 1.29 is 35.1 Å². The first-order valence-corrected chi connectivity index (χ1v) is 7.61. The maximum absolute atomic E-state index is 13.1. The highest BCUT2D eigenvalue weighted by atomic mass is 28.3. The van der Waals surface area contributed by atoms with Gasteiger partial charge in [0, 0.05) is 0 Å². The van der Waals surface area contributed by atoms with E-state index in [9.17, 15) is 35.1 Å². The minimum atomic E-state index is -6.06. The predicted molar refractivity (Wildman–Crippen MR) is 44.2 cm³/mol. The fourth-order valence-electron chi connectivity index (χ4n) is 0.817. The van der Waals surface area contributed by atoms with Crippen LogP contribution in [0.3, 0.4) is 0 Å². The van der Waals surface area contributed by atoms with E-state index in [-0.39, 0.29) is 0 Å². The lowest BCUT2D eigenvalue weighted by Crippen LogP contribution is -2.66. The SMILES string of the molecule is C[Si](C)(C)C(F)(F)C(F)(F)C(F)(F)C(F)F. The summed E-state index contributed by atoms with van der Waals surface area (Å²) in [7, 11) is -4.07. The largest absolute Gasteiger partial charge is 0.375 e. The monoisotopic (exact) mass is 274 g/mol. The molecule has 0 amide bonds. The molecular weight excluding hydrogens is 264 g/mol. The van der Waals surface area contributed by atoms with Crippen molar-refractivity contribution in [2.45, 2.75) is 43.5 Å². The summed E-state index contributed by atoms with van der Waals surface area (Å²) < 4.78 is 99.8.